The van der Waals surface area contributed by atoms with Crippen LogP contribution in [0.5, 0.6) is 0 Å². The van der Waals surface area contributed by atoms with Gasteiger partial charge in [0.1, 0.15) is 16.0 Å². The third-order valence-corrected chi connectivity index (χ3v) is 5.61. The van der Waals surface area contributed by atoms with E-state index in [1.165, 1.54) is 44.3 Å². The second-order valence-corrected chi connectivity index (χ2v) is 6.91. The van der Waals surface area contributed by atoms with E-state index in [1.54, 1.807) is 0 Å². The molecule has 2 saturated carbocycles. The molecule has 1 aromatic rings. The van der Waals surface area contributed by atoms with E-state index in [0.29, 0.717) is 11.1 Å². The lowest BCUT2D eigenvalue weighted by atomic mass is 10.1. The minimum absolute atomic E-state index is 0.578. The Balaban J connectivity index is 1.72. The van der Waals surface area contributed by atoms with Gasteiger partial charge in [-0.3, -0.25) is 0 Å². The van der Waals surface area contributed by atoms with Crippen molar-refractivity contribution in [3.8, 4) is 0 Å². The average molecular weight is 283 g/mol. The Kier molecular flexibility index (Phi) is 3.81. The smallest absolute Gasteiger partial charge is 0.136 e. The molecule has 0 spiro atoms. The van der Waals surface area contributed by atoms with Gasteiger partial charge in [-0.2, -0.15) is 0 Å². The second-order valence-electron chi connectivity index (χ2n) is 5.54. The maximum absolute atomic E-state index is 6.22. The predicted molar refractivity (Wildman–Crippen MR) is 76.4 cm³/mol. The zero-order valence-corrected chi connectivity index (χ0v) is 12.4. The molecule has 0 aromatic carbocycles. The summed E-state index contributed by atoms with van der Waals surface area (Å²) in [6.07, 6.45) is 8.04. The van der Waals surface area contributed by atoms with Crippen molar-refractivity contribution < 1.29 is 0 Å². The molecule has 0 unspecified atom stereocenters. The maximum Gasteiger partial charge on any atom is 0.136 e. The lowest BCUT2D eigenvalue weighted by molar-refractivity contribution is 0.622. The molecule has 0 radical (unpaired) electrons. The van der Waals surface area contributed by atoms with Crippen LogP contribution in [0.25, 0.3) is 0 Å². The summed E-state index contributed by atoms with van der Waals surface area (Å²) in [5.74, 6) is 3.62. The molecule has 98 valence electrons. The molecule has 0 N–H and O–H groups in total. The van der Waals surface area contributed by atoms with Crippen LogP contribution in [-0.2, 0) is 0 Å². The van der Waals surface area contributed by atoms with Gasteiger partial charge in [-0.1, -0.05) is 24.4 Å². The van der Waals surface area contributed by atoms with E-state index in [1.807, 2.05) is 18.7 Å². The first-order valence-corrected chi connectivity index (χ1v) is 8.27. The van der Waals surface area contributed by atoms with E-state index >= 15 is 0 Å². The largest absolute Gasteiger partial charge is 0.226 e. The molecule has 18 heavy (non-hydrogen) atoms. The monoisotopic (exact) mass is 282 g/mol. The van der Waals surface area contributed by atoms with Crippen molar-refractivity contribution in [2.24, 2.45) is 5.92 Å². The Hall–Kier alpha value is -0.280. The topological polar surface area (TPSA) is 25.8 Å². The van der Waals surface area contributed by atoms with Gasteiger partial charge in [0.05, 0.1) is 0 Å². The van der Waals surface area contributed by atoms with Gasteiger partial charge < -0.3 is 0 Å². The fourth-order valence-corrected chi connectivity index (χ4v) is 3.95. The van der Waals surface area contributed by atoms with Crippen molar-refractivity contribution in [1.29, 1.82) is 0 Å². The number of thioether (sulfide) groups is 1. The third kappa shape index (κ3) is 2.83. The van der Waals surface area contributed by atoms with Gasteiger partial charge in [-0.25, -0.2) is 9.97 Å². The molecule has 0 amide bonds. The van der Waals surface area contributed by atoms with Gasteiger partial charge in [-0.15, -0.1) is 11.8 Å². The minimum Gasteiger partial charge on any atom is -0.226 e. The predicted octanol–water partition coefficient (Wildman–Crippen LogP) is 4.60. The van der Waals surface area contributed by atoms with Gasteiger partial charge in [-0.05, 0) is 38.5 Å². The van der Waals surface area contributed by atoms with E-state index in [-0.39, 0.29) is 0 Å². The molecule has 2 aliphatic carbocycles. The quantitative estimate of drug-likeness (QED) is 0.596. The van der Waals surface area contributed by atoms with Crippen molar-refractivity contribution in [3.63, 3.8) is 0 Å². The Labute approximate surface area is 118 Å². The van der Waals surface area contributed by atoms with Crippen molar-refractivity contribution in [2.45, 2.75) is 56.4 Å². The number of rotatable bonds is 4. The highest BCUT2D eigenvalue weighted by Crippen LogP contribution is 2.40. The van der Waals surface area contributed by atoms with Crippen LogP contribution in [0.4, 0.5) is 0 Å². The van der Waals surface area contributed by atoms with Crippen molar-refractivity contribution in [3.05, 3.63) is 16.5 Å². The summed E-state index contributed by atoms with van der Waals surface area (Å²) in [5, 5.41) is 1.77. The SMILES string of the molecule is Cc1c(Cl)nc(C2CC2)nc1SCC1CCCC1. The molecular formula is C14H19ClN2S. The zero-order valence-electron chi connectivity index (χ0n) is 10.8. The molecule has 0 saturated heterocycles. The minimum atomic E-state index is 0.578. The Morgan fingerprint density at radius 3 is 2.56 bits per heavy atom. The first-order valence-electron chi connectivity index (χ1n) is 6.91. The highest BCUT2D eigenvalue weighted by molar-refractivity contribution is 7.99. The van der Waals surface area contributed by atoms with Gasteiger partial charge in [0.15, 0.2) is 0 Å². The van der Waals surface area contributed by atoms with E-state index in [0.717, 1.165) is 22.3 Å². The Morgan fingerprint density at radius 2 is 1.89 bits per heavy atom. The number of halogens is 1. The second kappa shape index (κ2) is 5.38. The average Bonchev–Trinajstić information content (AvgIpc) is 3.08. The van der Waals surface area contributed by atoms with Crippen LogP contribution in [0.1, 0.15) is 55.8 Å². The lowest BCUT2D eigenvalue weighted by Crippen LogP contribution is -2.02. The van der Waals surface area contributed by atoms with Gasteiger partial charge >= 0.3 is 0 Å². The summed E-state index contributed by atoms with van der Waals surface area (Å²) in [5.41, 5.74) is 1.06. The molecule has 2 aliphatic rings. The highest BCUT2D eigenvalue weighted by atomic mass is 35.5. The maximum atomic E-state index is 6.22. The van der Waals surface area contributed by atoms with Gasteiger partial charge in [0.25, 0.3) is 0 Å². The molecule has 0 bridgehead atoms. The number of hydrogen-bond acceptors (Lipinski definition) is 3. The van der Waals surface area contributed by atoms with Crippen molar-refractivity contribution >= 4 is 23.4 Å². The van der Waals surface area contributed by atoms with Crippen LogP contribution < -0.4 is 0 Å². The molecule has 1 heterocycles. The van der Waals surface area contributed by atoms with Crippen LogP contribution >= 0.6 is 23.4 Å². The Bertz CT molecular complexity index is 440. The Morgan fingerprint density at radius 1 is 1.17 bits per heavy atom. The zero-order chi connectivity index (χ0) is 12.5. The molecule has 0 aliphatic heterocycles. The van der Waals surface area contributed by atoms with E-state index in [4.69, 9.17) is 16.6 Å². The molecule has 1 aromatic heterocycles. The number of aromatic nitrogens is 2. The van der Waals surface area contributed by atoms with Gasteiger partial charge in [0.2, 0.25) is 0 Å². The molecule has 0 atom stereocenters. The summed E-state index contributed by atoms with van der Waals surface area (Å²) in [6, 6.07) is 0. The van der Waals surface area contributed by atoms with E-state index in [2.05, 4.69) is 4.98 Å². The highest BCUT2D eigenvalue weighted by Gasteiger charge is 2.28. The van der Waals surface area contributed by atoms with Crippen LogP contribution in [0.15, 0.2) is 5.03 Å². The van der Waals surface area contributed by atoms with Crippen LogP contribution in [-0.4, -0.2) is 15.7 Å². The number of nitrogens with zero attached hydrogens (tertiary/aromatic N) is 2. The summed E-state index contributed by atoms with van der Waals surface area (Å²) in [7, 11) is 0. The van der Waals surface area contributed by atoms with E-state index in [9.17, 15) is 0 Å². The standard InChI is InChI=1S/C14H19ClN2S/c1-9-12(15)16-13(11-6-7-11)17-14(9)18-8-10-4-2-3-5-10/h10-11H,2-8H2,1H3. The molecular weight excluding hydrogens is 264 g/mol. The van der Waals surface area contributed by atoms with Crippen molar-refractivity contribution in [2.75, 3.05) is 5.75 Å². The third-order valence-electron chi connectivity index (χ3n) is 3.93. The van der Waals surface area contributed by atoms with Crippen LogP contribution in [0, 0.1) is 12.8 Å². The summed E-state index contributed by atoms with van der Waals surface area (Å²) < 4.78 is 0. The van der Waals surface area contributed by atoms with Crippen molar-refractivity contribution in [1.82, 2.24) is 9.97 Å². The number of hydrogen-bond donors (Lipinski definition) is 0. The molecule has 2 fully saturated rings. The summed E-state index contributed by atoms with van der Waals surface area (Å²) in [6.45, 7) is 2.04. The molecule has 4 heteroatoms. The van der Waals surface area contributed by atoms with Crippen LogP contribution in [0.2, 0.25) is 5.15 Å². The summed E-state index contributed by atoms with van der Waals surface area (Å²) in [4.78, 5) is 9.14. The normalized spacial score (nSPS) is 20.6. The lowest BCUT2D eigenvalue weighted by Gasteiger charge is -2.11. The molecule has 2 nitrogen and oxygen atoms in total. The first kappa shape index (κ1) is 12.7. The first-order chi connectivity index (χ1) is 8.74. The van der Waals surface area contributed by atoms with Crippen LogP contribution in [0.3, 0.4) is 0 Å². The fourth-order valence-electron chi connectivity index (χ4n) is 2.52. The fraction of sp³-hybridized carbons (Fsp3) is 0.714. The van der Waals surface area contributed by atoms with Gasteiger partial charge in [0, 0.05) is 17.2 Å². The summed E-state index contributed by atoms with van der Waals surface area (Å²) >= 11 is 8.10. The van der Waals surface area contributed by atoms with E-state index < -0.39 is 0 Å². The molecule has 3 rings (SSSR count).